The normalized spacial score (nSPS) is 17.4. The molecule has 0 heterocycles. The number of anilines is 1. The molecule has 0 bridgehead atoms. The van der Waals surface area contributed by atoms with Gasteiger partial charge >= 0.3 is 12.1 Å². The third kappa shape index (κ3) is 7.38. The number of allylic oxidation sites excluding steroid dienone is 4. The number of carboxylic acid groups (broad SMARTS) is 1. The van der Waals surface area contributed by atoms with E-state index in [0.717, 1.165) is 18.2 Å². The summed E-state index contributed by atoms with van der Waals surface area (Å²) in [4.78, 5) is 23.4. The van der Waals surface area contributed by atoms with Gasteiger partial charge in [-0.25, -0.2) is 8.78 Å². The smallest absolute Gasteiger partial charge is 0.416 e. The third-order valence-corrected chi connectivity index (χ3v) is 5.51. The first-order valence-electron chi connectivity index (χ1n) is 10.9. The van der Waals surface area contributed by atoms with Gasteiger partial charge in [-0.15, -0.1) is 0 Å². The van der Waals surface area contributed by atoms with Crippen molar-refractivity contribution in [2.75, 3.05) is 5.32 Å². The Hall–Kier alpha value is -4.22. The Morgan fingerprint density at radius 1 is 1.16 bits per heavy atom. The van der Waals surface area contributed by atoms with E-state index in [1.165, 1.54) is 18.2 Å². The SMILES string of the molecule is N=C(N)Nc1cc(C(=O)NCc2cccc(C3(F)C=C(F)C=C(CCC(=O)O)C3)c2)cc(C(F)(F)F)c1. The van der Waals surface area contributed by atoms with E-state index in [4.69, 9.17) is 16.2 Å². The molecular weight excluding hydrogens is 499 g/mol. The predicted octanol–water partition coefficient (Wildman–Crippen LogP) is 5.15. The van der Waals surface area contributed by atoms with Gasteiger partial charge in [-0.3, -0.25) is 15.0 Å². The molecule has 3 rings (SSSR count). The lowest BCUT2D eigenvalue weighted by atomic mass is 9.83. The van der Waals surface area contributed by atoms with Crippen LogP contribution in [0.2, 0.25) is 0 Å². The number of amides is 1. The average molecular weight is 522 g/mol. The summed E-state index contributed by atoms with van der Waals surface area (Å²) in [5.74, 6) is -3.41. The van der Waals surface area contributed by atoms with E-state index >= 15 is 4.39 Å². The van der Waals surface area contributed by atoms with Gasteiger partial charge in [-0.1, -0.05) is 29.8 Å². The Kier molecular flexibility index (Phi) is 7.99. The van der Waals surface area contributed by atoms with Crippen molar-refractivity contribution in [3.05, 3.63) is 88.3 Å². The number of nitrogens with one attached hydrogen (secondary N) is 3. The molecule has 2 aromatic rings. The number of halogens is 5. The topological polar surface area (TPSA) is 128 Å². The van der Waals surface area contributed by atoms with Gasteiger partial charge in [0.25, 0.3) is 5.91 Å². The van der Waals surface area contributed by atoms with Crippen LogP contribution in [0.1, 0.15) is 46.3 Å². The zero-order valence-corrected chi connectivity index (χ0v) is 19.3. The number of carboxylic acids is 1. The molecule has 1 atom stereocenters. The summed E-state index contributed by atoms with van der Waals surface area (Å²) < 4.78 is 69.7. The number of hydrogen-bond donors (Lipinski definition) is 5. The van der Waals surface area contributed by atoms with Gasteiger partial charge < -0.3 is 21.5 Å². The number of nitrogens with two attached hydrogens (primary N) is 1. The van der Waals surface area contributed by atoms with Gasteiger partial charge in [-0.2, -0.15) is 13.2 Å². The van der Waals surface area contributed by atoms with E-state index < -0.39 is 41.1 Å². The first kappa shape index (κ1) is 27.4. The molecule has 0 saturated heterocycles. The maximum Gasteiger partial charge on any atom is 0.416 e. The van der Waals surface area contributed by atoms with Crippen molar-refractivity contribution >= 4 is 23.5 Å². The quantitative estimate of drug-likeness (QED) is 0.186. The molecule has 0 aromatic heterocycles. The monoisotopic (exact) mass is 522 g/mol. The number of aliphatic carboxylic acids is 1. The van der Waals surface area contributed by atoms with Crippen LogP contribution in [0.4, 0.5) is 27.6 Å². The summed E-state index contributed by atoms with van der Waals surface area (Å²) in [7, 11) is 0. The Labute approximate surface area is 208 Å². The molecule has 1 unspecified atom stereocenters. The van der Waals surface area contributed by atoms with Crippen molar-refractivity contribution in [3.8, 4) is 0 Å². The fourth-order valence-electron chi connectivity index (χ4n) is 3.88. The summed E-state index contributed by atoms with van der Waals surface area (Å²) in [5.41, 5.74) is 2.02. The zero-order valence-electron chi connectivity index (χ0n) is 19.3. The van der Waals surface area contributed by atoms with Crippen LogP contribution >= 0.6 is 0 Å². The van der Waals surface area contributed by atoms with Crippen LogP contribution in [-0.4, -0.2) is 22.9 Å². The number of guanidine groups is 1. The molecule has 0 aliphatic heterocycles. The first-order valence-corrected chi connectivity index (χ1v) is 10.9. The van der Waals surface area contributed by atoms with Gasteiger partial charge in [0.15, 0.2) is 11.6 Å². The van der Waals surface area contributed by atoms with E-state index in [2.05, 4.69) is 10.6 Å². The van der Waals surface area contributed by atoms with Crippen LogP contribution < -0.4 is 16.4 Å². The van der Waals surface area contributed by atoms with Crippen LogP contribution in [0.15, 0.2) is 66.0 Å². The summed E-state index contributed by atoms with van der Waals surface area (Å²) in [5, 5.41) is 20.7. The maximum absolute atomic E-state index is 15.7. The van der Waals surface area contributed by atoms with Crippen molar-refractivity contribution in [3.63, 3.8) is 0 Å². The van der Waals surface area contributed by atoms with Crippen LogP contribution in [0.25, 0.3) is 0 Å². The number of alkyl halides is 4. The minimum absolute atomic E-state index is 0.0184. The standard InChI is InChI=1S/C25H23F5N4O3/c26-19-7-14(4-5-21(35)36)11-24(27,12-19)17-3-1-2-15(6-17)13-33-22(37)16-8-18(25(28,29)30)10-20(9-16)34-23(31)32/h1-3,6-10,12H,4-5,11,13H2,(H,33,37)(H,35,36)(H4,31,32,34). The lowest BCUT2D eigenvalue weighted by Gasteiger charge is -2.27. The molecule has 0 spiro atoms. The highest BCUT2D eigenvalue weighted by molar-refractivity contribution is 5.97. The second-order valence-corrected chi connectivity index (χ2v) is 8.48. The highest BCUT2D eigenvalue weighted by Crippen LogP contribution is 2.41. The summed E-state index contributed by atoms with van der Waals surface area (Å²) in [6, 6.07) is 8.29. The number of carbonyl (C=O) groups excluding carboxylic acids is 1. The van der Waals surface area contributed by atoms with E-state index in [9.17, 15) is 27.2 Å². The molecule has 6 N–H and O–H groups in total. The number of benzene rings is 2. The highest BCUT2D eigenvalue weighted by atomic mass is 19.4. The molecular formula is C25H23F5N4O3. The van der Waals surface area contributed by atoms with Crippen LogP contribution in [0.5, 0.6) is 0 Å². The fraction of sp³-hybridized carbons (Fsp3) is 0.240. The Morgan fingerprint density at radius 3 is 2.54 bits per heavy atom. The van der Waals surface area contributed by atoms with Gasteiger partial charge in [0.1, 0.15) is 5.83 Å². The summed E-state index contributed by atoms with van der Waals surface area (Å²) in [6.07, 6.45) is -3.40. The number of carbonyl (C=O) groups is 2. The Bertz CT molecular complexity index is 1290. The van der Waals surface area contributed by atoms with Gasteiger partial charge in [0, 0.05) is 30.6 Å². The van der Waals surface area contributed by atoms with E-state index in [-0.39, 0.29) is 42.6 Å². The molecule has 196 valence electrons. The van der Waals surface area contributed by atoms with Crippen molar-refractivity contribution in [1.82, 2.24) is 5.32 Å². The van der Waals surface area contributed by atoms with E-state index in [1.807, 2.05) is 0 Å². The molecule has 0 saturated carbocycles. The van der Waals surface area contributed by atoms with Crippen LogP contribution in [-0.2, 0) is 23.2 Å². The summed E-state index contributed by atoms with van der Waals surface area (Å²) in [6.45, 7) is -0.178. The largest absolute Gasteiger partial charge is 0.481 e. The Morgan fingerprint density at radius 2 is 1.89 bits per heavy atom. The second-order valence-electron chi connectivity index (χ2n) is 8.48. The van der Waals surface area contributed by atoms with Crippen molar-refractivity contribution in [2.45, 2.75) is 37.7 Å². The van der Waals surface area contributed by atoms with Gasteiger partial charge in [-0.05, 0) is 47.9 Å². The minimum atomic E-state index is -4.76. The zero-order chi connectivity index (χ0) is 27.4. The molecule has 0 fully saturated rings. The molecule has 7 nitrogen and oxygen atoms in total. The highest BCUT2D eigenvalue weighted by Gasteiger charge is 2.35. The van der Waals surface area contributed by atoms with Crippen LogP contribution in [0.3, 0.4) is 0 Å². The maximum atomic E-state index is 15.7. The van der Waals surface area contributed by atoms with E-state index in [0.29, 0.717) is 23.3 Å². The minimum Gasteiger partial charge on any atom is -0.481 e. The summed E-state index contributed by atoms with van der Waals surface area (Å²) >= 11 is 0. The van der Waals surface area contributed by atoms with E-state index in [1.54, 1.807) is 6.07 Å². The molecule has 37 heavy (non-hydrogen) atoms. The molecule has 2 aromatic carbocycles. The molecule has 1 aliphatic carbocycles. The molecule has 1 amide bonds. The fourth-order valence-corrected chi connectivity index (χ4v) is 3.88. The lowest BCUT2D eigenvalue weighted by Crippen LogP contribution is -2.25. The molecule has 1 aliphatic rings. The van der Waals surface area contributed by atoms with Gasteiger partial charge in [0.05, 0.1) is 5.56 Å². The molecule has 12 heteroatoms. The van der Waals surface area contributed by atoms with Crippen molar-refractivity contribution < 1.29 is 36.6 Å². The average Bonchev–Trinajstić information content (AvgIpc) is 2.79. The second kappa shape index (κ2) is 10.8. The number of rotatable bonds is 8. The number of hydrogen-bond acceptors (Lipinski definition) is 3. The van der Waals surface area contributed by atoms with Crippen LogP contribution in [0, 0.1) is 5.41 Å². The van der Waals surface area contributed by atoms with Gasteiger partial charge in [0.2, 0.25) is 0 Å². The Balaban J connectivity index is 1.77. The first-order chi connectivity index (χ1) is 17.2. The molecule has 0 radical (unpaired) electrons. The third-order valence-electron chi connectivity index (χ3n) is 5.51. The predicted molar refractivity (Wildman–Crippen MR) is 126 cm³/mol. The lowest BCUT2D eigenvalue weighted by molar-refractivity contribution is -0.138. The van der Waals surface area contributed by atoms with Crippen molar-refractivity contribution in [1.29, 1.82) is 5.41 Å². The van der Waals surface area contributed by atoms with Crippen molar-refractivity contribution in [2.24, 2.45) is 5.73 Å².